The average molecular weight is 417 g/mol. The fraction of sp³-hybridized carbons (Fsp3) is 0.294. The summed E-state index contributed by atoms with van der Waals surface area (Å²) >= 11 is 6.62. The van der Waals surface area contributed by atoms with Crippen LogP contribution in [0.15, 0.2) is 28.8 Å². The molecule has 2 aliphatic carbocycles. The summed E-state index contributed by atoms with van der Waals surface area (Å²) in [6.45, 7) is 3.91. The molecule has 8 heteroatoms. The normalized spacial score (nSPS) is 12.4. The molecule has 0 saturated heterocycles. The van der Waals surface area contributed by atoms with Crippen LogP contribution in [-0.4, -0.2) is 27.6 Å². The molecule has 0 N–H and O–H groups in total. The number of aromatic nitrogens is 4. The molecule has 25 heavy (non-hydrogen) atoms. The zero-order valence-electron chi connectivity index (χ0n) is 13.4. The van der Waals surface area contributed by atoms with Crippen LogP contribution in [0, 0.1) is 13.8 Å². The summed E-state index contributed by atoms with van der Waals surface area (Å²) in [6.07, 6.45) is 11.7. The van der Waals surface area contributed by atoms with Crippen molar-refractivity contribution in [3.05, 3.63) is 58.7 Å². The summed E-state index contributed by atoms with van der Waals surface area (Å²) in [6, 6.07) is 0. The average Bonchev–Trinajstić information content (AvgIpc) is 3.15. The van der Waals surface area contributed by atoms with Crippen LogP contribution in [0.5, 0.6) is 0 Å². The van der Waals surface area contributed by atoms with Gasteiger partial charge in [-0.05, 0) is 35.9 Å². The molecule has 0 atom stereocenters. The van der Waals surface area contributed by atoms with Crippen molar-refractivity contribution in [1.29, 1.82) is 0 Å². The molecule has 0 aliphatic heterocycles. The van der Waals surface area contributed by atoms with Crippen LogP contribution in [0.3, 0.4) is 0 Å². The van der Waals surface area contributed by atoms with Gasteiger partial charge in [-0.1, -0.05) is 19.6 Å². The molecular formula is C17H20BBrN5S. The van der Waals surface area contributed by atoms with Crippen LogP contribution >= 0.6 is 28.7 Å². The first-order valence-corrected chi connectivity index (χ1v) is 8.46. The molecule has 0 saturated carbocycles. The van der Waals surface area contributed by atoms with E-state index in [1.165, 1.54) is 0 Å². The Morgan fingerprint density at radius 1 is 1.08 bits per heavy atom. The molecule has 2 aliphatic rings. The van der Waals surface area contributed by atoms with Crippen molar-refractivity contribution in [2.75, 3.05) is 0 Å². The van der Waals surface area contributed by atoms with Crippen LogP contribution in [-0.2, 0) is 12.8 Å². The molecule has 0 aromatic carbocycles. The van der Waals surface area contributed by atoms with Gasteiger partial charge < -0.3 is 0 Å². The minimum atomic E-state index is 0. The number of hydrogen-bond acceptors (Lipinski definition) is 6. The predicted octanol–water partition coefficient (Wildman–Crippen LogP) is 4.25. The molecule has 4 rings (SSSR count). The third-order valence-corrected chi connectivity index (χ3v) is 3.96. The second-order valence-corrected chi connectivity index (χ2v) is 6.21. The van der Waals surface area contributed by atoms with Gasteiger partial charge >= 0.3 is 24.8 Å². The SMILES string of the molecule is C.Cc1cnc2c(n1)C(Br)=CC2.Cc1cnc2c(n1)C=CC2.[B]=NS. The van der Waals surface area contributed by atoms with Crippen LogP contribution < -0.4 is 0 Å². The summed E-state index contributed by atoms with van der Waals surface area (Å²) < 4.78 is 3.77. The molecular weight excluding hydrogens is 397 g/mol. The second kappa shape index (κ2) is 10.4. The number of thiol groups is 1. The van der Waals surface area contributed by atoms with Gasteiger partial charge in [-0.25, -0.2) is 4.98 Å². The van der Waals surface area contributed by atoms with Crippen LogP contribution in [0.4, 0.5) is 0 Å². The quantitative estimate of drug-likeness (QED) is 0.514. The van der Waals surface area contributed by atoms with E-state index in [2.05, 4.69) is 72.8 Å². The molecule has 5 nitrogen and oxygen atoms in total. The molecule has 2 aromatic heterocycles. The molecule has 129 valence electrons. The maximum atomic E-state index is 4.36. The van der Waals surface area contributed by atoms with Crippen molar-refractivity contribution in [3.8, 4) is 0 Å². The van der Waals surface area contributed by atoms with Gasteiger partial charge in [-0.15, -0.1) is 0 Å². The zero-order valence-corrected chi connectivity index (χ0v) is 15.9. The van der Waals surface area contributed by atoms with Crippen LogP contribution in [0.1, 0.15) is 41.6 Å². The first-order valence-electron chi connectivity index (χ1n) is 7.27. The van der Waals surface area contributed by atoms with Gasteiger partial charge in [0, 0.05) is 29.7 Å². The fourth-order valence-electron chi connectivity index (χ4n) is 2.22. The Morgan fingerprint density at radius 3 is 2.36 bits per heavy atom. The first-order chi connectivity index (χ1) is 11.5. The summed E-state index contributed by atoms with van der Waals surface area (Å²) in [5.41, 5.74) is 6.18. The Hall–Kier alpha value is -1.67. The Labute approximate surface area is 163 Å². The van der Waals surface area contributed by atoms with Crippen molar-refractivity contribution in [3.63, 3.8) is 0 Å². The van der Waals surface area contributed by atoms with Gasteiger partial charge in [0.15, 0.2) is 0 Å². The fourth-order valence-corrected chi connectivity index (χ4v) is 2.70. The van der Waals surface area contributed by atoms with Crippen molar-refractivity contribution < 1.29 is 0 Å². The van der Waals surface area contributed by atoms with Gasteiger partial charge in [0.2, 0.25) is 0 Å². The minimum absolute atomic E-state index is 0. The van der Waals surface area contributed by atoms with Crippen LogP contribution in [0.2, 0.25) is 0 Å². The van der Waals surface area contributed by atoms with E-state index in [0.717, 1.165) is 51.5 Å². The van der Waals surface area contributed by atoms with Crippen molar-refractivity contribution in [1.82, 2.24) is 19.9 Å². The number of hydrogen-bond donors (Lipinski definition) is 1. The number of aryl methyl sites for hydroxylation is 2. The number of halogens is 1. The second-order valence-electron chi connectivity index (χ2n) is 5.13. The number of allylic oxidation sites excluding steroid dienone is 2. The van der Waals surface area contributed by atoms with E-state index in [0.29, 0.717) is 0 Å². The third-order valence-electron chi connectivity index (χ3n) is 3.26. The molecule has 0 amide bonds. The predicted molar refractivity (Wildman–Crippen MR) is 111 cm³/mol. The molecule has 1 radical (unpaired) electrons. The molecule has 2 aromatic rings. The Bertz CT molecular complexity index is 808. The number of rotatable bonds is 0. The van der Waals surface area contributed by atoms with Gasteiger partial charge in [0.1, 0.15) is 0 Å². The molecule has 0 fully saturated rings. The zero-order chi connectivity index (χ0) is 17.5. The molecule has 0 bridgehead atoms. The van der Waals surface area contributed by atoms with Gasteiger partial charge in [-0.2, -0.15) is 0 Å². The van der Waals surface area contributed by atoms with Crippen molar-refractivity contribution >= 4 is 46.9 Å². The van der Waals surface area contributed by atoms with Crippen molar-refractivity contribution in [2.24, 2.45) is 4.30 Å². The van der Waals surface area contributed by atoms with E-state index >= 15 is 0 Å². The Balaban J connectivity index is 0.000000210. The van der Waals surface area contributed by atoms with Gasteiger partial charge in [-0.3, -0.25) is 15.0 Å². The Kier molecular flexibility index (Phi) is 8.85. The van der Waals surface area contributed by atoms with E-state index in [9.17, 15) is 0 Å². The van der Waals surface area contributed by atoms with Gasteiger partial charge in [0.25, 0.3) is 0 Å². The van der Waals surface area contributed by atoms with E-state index in [4.69, 9.17) is 0 Å². The summed E-state index contributed by atoms with van der Waals surface area (Å²) in [4.78, 5) is 17.2. The van der Waals surface area contributed by atoms with Crippen LogP contribution in [0.25, 0.3) is 10.6 Å². The van der Waals surface area contributed by atoms with E-state index in [1.54, 1.807) is 6.20 Å². The van der Waals surface area contributed by atoms with E-state index in [-0.39, 0.29) is 7.43 Å². The monoisotopic (exact) mass is 416 g/mol. The molecule has 2 heterocycles. The topological polar surface area (TPSA) is 63.9 Å². The summed E-state index contributed by atoms with van der Waals surface area (Å²) in [5.74, 6) is 0. The number of nitrogens with zero attached hydrogens (tertiary/aromatic N) is 5. The van der Waals surface area contributed by atoms with Gasteiger partial charge in [0.05, 0.1) is 34.2 Å². The molecule has 0 spiro atoms. The molecule has 0 unspecified atom stereocenters. The van der Waals surface area contributed by atoms with E-state index < -0.39 is 0 Å². The number of fused-ring (bicyclic) bond motifs is 2. The summed E-state index contributed by atoms with van der Waals surface area (Å²) in [5, 5.41) is 0. The standard InChI is InChI=1S/C8H7BrN2.C8H8N2.CH4.BHNS/c1-5-4-10-7-3-2-6(9)8(7)11-5;1-6-5-9-7-3-2-4-8(7)10-6;;1-2-3/h2,4H,3H2,1H3;2,4-5H,3H2,1H3;1H4;3H. The third kappa shape index (κ3) is 5.97. The van der Waals surface area contributed by atoms with E-state index in [1.807, 2.05) is 26.1 Å². The summed E-state index contributed by atoms with van der Waals surface area (Å²) in [7, 11) is 4.34. The Morgan fingerprint density at radius 2 is 1.68 bits per heavy atom. The van der Waals surface area contributed by atoms with Crippen molar-refractivity contribution in [2.45, 2.75) is 34.1 Å². The first kappa shape index (κ1) is 21.4. The maximum absolute atomic E-state index is 4.36.